The van der Waals surface area contributed by atoms with Crippen LogP contribution >= 0.6 is 20.2 Å². The summed E-state index contributed by atoms with van der Waals surface area (Å²) in [5.41, 5.74) is 1.31. The molecule has 2 aliphatic heterocycles. The summed E-state index contributed by atoms with van der Waals surface area (Å²) >= 11 is 0.757. The average molecular weight is 327 g/mol. The standard InChI is InChI=1S/C6H12N.C6H8N.2ClH.Cu/c2*1-6-2-4-7-5-3-6;;;/h6H,2-5H2,1H3;2-4H,5H2,1H3;2*1H;/q2*-1;;;+2/p-2. The first-order valence-electron chi connectivity index (χ1n) is 5.65. The minimum absolute atomic E-state index is 0.757. The van der Waals surface area contributed by atoms with Crippen LogP contribution in [0.3, 0.4) is 0 Å². The first kappa shape index (κ1) is 17.3. The van der Waals surface area contributed by atoms with Crippen molar-refractivity contribution in [1.29, 1.82) is 0 Å². The number of hydrogen-bond acceptors (Lipinski definition) is 0. The monoisotopic (exact) mass is 325 g/mol. The molecule has 1 fully saturated rings. The second-order valence-corrected chi connectivity index (χ2v) is 5.58. The van der Waals surface area contributed by atoms with Gasteiger partial charge in [0.2, 0.25) is 0 Å². The molecule has 1 saturated heterocycles. The topological polar surface area (TPSA) is 28.2 Å². The molecule has 0 amide bonds. The van der Waals surface area contributed by atoms with Crippen molar-refractivity contribution in [3.63, 3.8) is 0 Å². The first-order valence-corrected chi connectivity index (χ1v) is 8.24. The van der Waals surface area contributed by atoms with Crippen molar-refractivity contribution in [2.75, 3.05) is 19.6 Å². The fourth-order valence-corrected chi connectivity index (χ4v) is 1.38. The van der Waals surface area contributed by atoms with Crippen LogP contribution in [0.4, 0.5) is 0 Å². The molecular formula is C12H20Cl2CuN2-2. The molecule has 0 unspecified atom stereocenters. The fraction of sp³-hybridized carbons (Fsp3) is 0.667. The molecule has 2 rings (SSSR count). The summed E-state index contributed by atoms with van der Waals surface area (Å²) in [6.07, 6.45) is 8.58. The van der Waals surface area contributed by atoms with Crippen molar-refractivity contribution >= 4 is 20.2 Å². The van der Waals surface area contributed by atoms with Crippen molar-refractivity contribution < 1.29 is 13.1 Å². The Morgan fingerprint density at radius 3 is 2.12 bits per heavy atom. The summed E-state index contributed by atoms with van der Waals surface area (Å²) in [4.78, 5) is 0. The van der Waals surface area contributed by atoms with E-state index < -0.39 is 0 Å². The Balaban J connectivity index is 0.000000247. The van der Waals surface area contributed by atoms with E-state index in [-0.39, 0.29) is 0 Å². The molecule has 2 aliphatic rings. The van der Waals surface area contributed by atoms with Crippen LogP contribution in [0.2, 0.25) is 0 Å². The quantitative estimate of drug-likeness (QED) is 0.560. The Bertz CT molecular complexity index is 227. The Morgan fingerprint density at radius 1 is 1.29 bits per heavy atom. The molecule has 2 heterocycles. The van der Waals surface area contributed by atoms with E-state index >= 15 is 0 Å². The van der Waals surface area contributed by atoms with E-state index in [0.29, 0.717) is 0 Å². The normalized spacial score (nSPS) is 19.2. The molecule has 0 aromatic heterocycles. The van der Waals surface area contributed by atoms with Gasteiger partial charge >= 0.3 is 33.3 Å². The number of nitrogens with zero attached hydrogens (tertiary/aromatic N) is 2. The van der Waals surface area contributed by atoms with Crippen molar-refractivity contribution in [2.45, 2.75) is 26.7 Å². The summed E-state index contributed by atoms with van der Waals surface area (Å²) in [7, 11) is 9.34. The Kier molecular flexibility index (Phi) is 13.0. The van der Waals surface area contributed by atoms with Crippen molar-refractivity contribution in [3.05, 3.63) is 34.6 Å². The van der Waals surface area contributed by atoms with Crippen LogP contribution in [0.1, 0.15) is 26.7 Å². The fourth-order valence-electron chi connectivity index (χ4n) is 1.38. The van der Waals surface area contributed by atoms with Crippen LogP contribution < -0.4 is 0 Å². The average Bonchev–Trinajstić information content (AvgIpc) is 2.33. The molecule has 0 aliphatic carbocycles. The van der Waals surface area contributed by atoms with E-state index in [2.05, 4.69) is 50.8 Å². The Labute approximate surface area is 120 Å². The summed E-state index contributed by atoms with van der Waals surface area (Å²) in [6, 6.07) is 0. The van der Waals surface area contributed by atoms with Gasteiger partial charge in [0.25, 0.3) is 0 Å². The van der Waals surface area contributed by atoms with E-state index in [1.807, 2.05) is 12.3 Å². The zero-order valence-corrected chi connectivity index (χ0v) is 12.8. The second kappa shape index (κ2) is 12.8. The molecule has 0 N–H and O–H groups in total. The molecule has 0 aromatic carbocycles. The molecule has 0 spiro atoms. The predicted octanol–water partition coefficient (Wildman–Crippen LogP) is 5.00. The maximum atomic E-state index is 4.67. The number of halogens is 2. The summed E-state index contributed by atoms with van der Waals surface area (Å²) < 4.78 is 0. The molecule has 17 heavy (non-hydrogen) atoms. The molecular weight excluding hydrogens is 307 g/mol. The van der Waals surface area contributed by atoms with Crippen LogP contribution in [-0.2, 0) is 13.1 Å². The van der Waals surface area contributed by atoms with Gasteiger partial charge in [-0.25, -0.2) is 0 Å². The van der Waals surface area contributed by atoms with Crippen LogP contribution in [0.25, 0.3) is 10.6 Å². The maximum absolute atomic E-state index is 4.67. The molecule has 0 atom stereocenters. The van der Waals surface area contributed by atoms with Gasteiger partial charge in [0.15, 0.2) is 0 Å². The molecule has 105 valence electrons. The van der Waals surface area contributed by atoms with Gasteiger partial charge in [0.05, 0.1) is 0 Å². The van der Waals surface area contributed by atoms with Crippen LogP contribution in [0.15, 0.2) is 23.9 Å². The van der Waals surface area contributed by atoms with Crippen LogP contribution in [0, 0.1) is 5.92 Å². The van der Waals surface area contributed by atoms with Crippen LogP contribution in [-0.4, -0.2) is 19.6 Å². The van der Waals surface area contributed by atoms with Gasteiger partial charge in [0.1, 0.15) is 0 Å². The van der Waals surface area contributed by atoms with Gasteiger partial charge < -0.3 is 10.6 Å². The van der Waals surface area contributed by atoms with Crippen LogP contribution in [0.5, 0.6) is 0 Å². The number of allylic oxidation sites excluding steroid dienone is 2. The third kappa shape index (κ3) is 12.6. The molecule has 0 radical (unpaired) electrons. The second-order valence-electron chi connectivity index (χ2n) is 4.03. The Morgan fingerprint density at radius 2 is 1.88 bits per heavy atom. The number of piperidine rings is 1. The Hall–Kier alpha value is 0.339. The van der Waals surface area contributed by atoms with Gasteiger partial charge in [-0.1, -0.05) is 37.5 Å². The van der Waals surface area contributed by atoms with E-state index in [1.54, 1.807) is 0 Å². The van der Waals surface area contributed by atoms with Crippen molar-refractivity contribution in [1.82, 2.24) is 0 Å². The van der Waals surface area contributed by atoms with E-state index in [0.717, 1.165) is 38.7 Å². The molecule has 2 nitrogen and oxygen atoms in total. The third-order valence-electron chi connectivity index (χ3n) is 2.52. The van der Waals surface area contributed by atoms with Gasteiger partial charge in [-0.3, -0.25) is 0 Å². The van der Waals surface area contributed by atoms with Crippen molar-refractivity contribution in [3.8, 4) is 0 Å². The molecule has 0 saturated carbocycles. The van der Waals surface area contributed by atoms with E-state index in [1.165, 1.54) is 18.4 Å². The molecule has 5 heteroatoms. The summed E-state index contributed by atoms with van der Waals surface area (Å²) in [6.45, 7) is 7.46. The SMILES string of the molecule is CC1=CC[N-]C=C1.CC1CC[N-]CC1.[Cl][Cu][Cl]. The summed E-state index contributed by atoms with van der Waals surface area (Å²) in [5.74, 6) is 0.942. The third-order valence-corrected chi connectivity index (χ3v) is 2.52. The predicted molar refractivity (Wildman–Crippen MR) is 74.3 cm³/mol. The summed E-state index contributed by atoms with van der Waals surface area (Å²) in [5, 5.41) is 8.20. The van der Waals surface area contributed by atoms with E-state index in [9.17, 15) is 0 Å². The van der Waals surface area contributed by atoms with Crippen molar-refractivity contribution in [2.24, 2.45) is 5.92 Å². The molecule has 0 bridgehead atoms. The van der Waals surface area contributed by atoms with E-state index in [4.69, 9.17) is 0 Å². The zero-order valence-electron chi connectivity index (χ0n) is 10.3. The van der Waals surface area contributed by atoms with Gasteiger partial charge in [-0.2, -0.15) is 6.20 Å². The van der Waals surface area contributed by atoms with Gasteiger partial charge in [0, 0.05) is 0 Å². The molecule has 0 aromatic rings. The number of rotatable bonds is 0. The number of hydrogen-bond donors (Lipinski definition) is 0. The zero-order chi connectivity index (χ0) is 12.9. The van der Waals surface area contributed by atoms with Gasteiger partial charge in [-0.15, -0.1) is 19.6 Å². The van der Waals surface area contributed by atoms with Gasteiger partial charge in [-0.05, 0) is 12.8 Å². The first-order chi connectivity index (χ1) is 8.20. The minimum atomic E-state index is 0.757.